The lowest BCUT2D eigenvalue weighted by Crippen LogP contribution is -2.30. The van der Waals surface area contributed by atoms with E-state index in [2.05, 4.69) is 65.8 Å². The number of allylic oxidation sites excluding steroid dienone is 4. The van der Waals surface area contributed by atoms with Crippen molar-refractivity contribution in [1.29, 1.82) is 0 Å². The molecule has 2 unspecified atom stereocenters. The lowest BCUT2D eigenvalue weighted by molar-refractivity contribution is -0.161. The molecule has 90 heavy (non-hydrogen) atoms. The van der Waals surface area contributed by atoms with E-state index >= 15 is 0 Å². The number of unbranched alkanes of at least 4 members (excludes halogenated alkanes) is 35. The molecule has 0 aliphatic carbocycles. The van der Waals surface area contributed by atoms with Gasteiger partial charge < -0.3 is 33.8 Å². The van der Waals surface area contributed by atoms with Crippen molar-refractivity contribution in [2.75, 3.05) is 39.6 Å². The Balaban J connectivity index is 5.29. The van der Waals surface area contributed by atoms with E-state index in [4.69, 9.17) is 37.0 Å². The predicted molar refractivity (Wildman–Crippen MR) is 363 cm³/mol. The Bertz CT molecular complexity index is 1850. The summed E-state index contributed by atoms with van der Waals surface area (Å²) in [5.41, 5.74) is 0. The molecule has 0 amide bonds. The lowest BCUT2D eigenvalue weighted by atomic mass is 10.0. The zero-order valence-electron chi connectivity index (χ0n) is 57.9. The molecule has 0 aromatic rings. The average Bonchev–Trinajstić information content (AvgIpc) is 3.72. The molecule has 0 fully saturated rings. The average molecular weight is 1320 g/mol. The van der Waals surface area contributed by atoms with E-state index in [-0.39, 0.29) is 25.7 Å². The molecule has 19 heteroatoms. The summed E-state index contributed by atoms with van der Waals surface area (Å²) < 4.78 is 68.3. The van der Waals surface area contributed by atoms with Gasteiger partial charge in [0.15, 0.2) is 12.2 Å². The fourth-order valence-electron chi connectivity index (χ4n) is 10.2. The molecule has 530 valence electrons. The number of aliphatic hydroxyl groups is 1. The van der Waals surface area contributed by atoms with Crippen LogP contribution >= 0.6 is 15.6 Å². The number of rotatable bonds is 68. The van der Waals surface area contributed by atoms with Gasteiger partial charge in [0.05, 0.1) is 26.4 Å². The lowest BCUT2D eigenvalue weighted by Gasteiger charge is -2.21. The minimum absolute atomic E-state index is 0.0846. The van der Waals surface area contributed by atoms with Gasteiger partial charge >= 0.3 is 39.5 Å². The van der Waals surface area contributed by atoms with Crippen LogP contribution in [-0.4, -0.2) is 96.7 Å². The summed E-state index contributed by atoms with van der Waals surface area (Å²) in [6.07, 6.45) is 50.7. The van der Waals surface area contributed by atoms with Crippen LogP contribution in [0.1, 0.15) is 337 Å². The fourth-order valence-corrected chi connectivity index (χ4v) is 11.8. The molecule has 17 nitrogen and oxygen atoms in total. The van der Waals surface area contributed by atoms with Gasteiger partial charge in [-0.25, -0.2) is 9.13 Å². The van der Waals surface area contributed by atoms with Crippen molar-refractivity contribution < 1.29 is 80.2 Å². The first-order valence-electron chi connectivity index (χ1n) is 36.3. The smallest absolute Gasteiger partial charge is 0.462 e. The Morgan fingerprint density at radius 3 is 0.911 bits per heavy atom. The van der Waals surface area contributed by atoms with Gasteiger partial charge in [-0.15, -0.1) is 0 Å². The number of phosphoric acid groups is 2. The maximum absolute atomic E-state index is 13.0. The Morgan fingerprint density at radius 1 is 0.344 bits per heavy atom. The third-order valence-electron chi connectivity index (χ3n) is 15.8. The number of hydrogen-bond acceptors (Lipinski definition) is 15. The molecule has 0 aliphatic rings. The zero-order chi connectivity index (χ0) is 66.5. The van der Waals surface area contributed by atoms with Crippen molar-refractivity contribution in [3.05, 3.63) is 24.3 Å². The second-order valence-electron chi connectivity index (χ2n) is 25.9. The van der Waals surface area contributed by atoms with E-state index in [0.29, 0.717) is 25.7 Å². The van der Waals surface area contributed by atoms with Gasteiger partial charge in [0.2, 0.25) is 0 Å². The normalized spacial score (nSPS) is 14.3. The molecule has 0 saturated heterocycles. The zero-order valence-corrected chi connectivity index (χ0v) is 59.7. The Kier molecular flexibility index (Phi) is 60.9. The van der Waals surface area contributed by atoms with Gasteiger partial charge in [0, 0.05) is 25.7 Å². The Hall–Kier alpha value is -2.46. The Morgan fingerprint density at radius 2 is 0.600 bits per heavy atom. The van der Waals surface area contributed by atoms with E-state index in [1.807, 2.05) is 0 Å². The van der Waals surface area contributed by atoms with Gasteiger partial charge in [-0.2, -0.15) is 0 Å². The molecule has 5 atom stereocenters. The largest absolute Gasteiger partial charge is 0.472 e. The monoisotopic (exact) mass is 1320 g/mol. The van der Waals surface area contributed by atoms with Crippen LogP contribution in [0, 0.1) is 11.8 Å². The quantitative estimate of drug-likeness (QED) is 0.0169. The van der Waals surface area contributed by atoms with E-state index in [0.717, 1.165) is 115 Å². The van der Waals surface area contributed by atoms with Crippen LogP contribution in [0.2, 0.25) is 0 Å². The maximum Gasteiger partial charge on any atom is 0.472 e. The predicted octanol–water partition coefficient (Wildman–Crippen LogP) is 19.9. The summed E-state index contributed by atoms with van der Waals surface area (Å²) in [6.45, 7) is 9.45. The van der Waals surface area contributed by atoms with E-state index in [1.54, 1.807) is 0 Å². The van der Waals surface area contributed by atoms with Crippen LogP contribution in [0.25, 0.3) is 0 Å². The van der Waals surface area contributed by atoms with E-state index in [9.17, 15) is 43.2 Å². The third kappa shape index (κ3) is 64.3. The van der Waals surface area contributed by atoms with Gasteiger partial charge in [0.25, 0.3) is 0 Å². The van der Waals surface area contributed by atoms with Crippen molar-refractivity contribution in [3.63, 3.8) is 0 Å². The first kappa shape index (κ1) is 87.5. The maximum atomic E-state index is 13.0. The summed E-state index contributed by atoms with van der Waals surface area (Å²) in [7, 11) is -9.91. The molecule has 0 heterocycles. The number of phosphoric ester groups is 2. The van der Waals surface area contributed by atoms with E-state index in [1.165, 1.54) is 141 Å². The third-order valence-corrected chi connectivity index (χ3v) is 17.7. The molecular formula is C71H134O17P2. The molecule has 0 aromatic carbocycles. The highest BCUT2D eigenvalue weighted by atomic mass is 31.2. The van der Waals surface area contributed by atoms with Gasteiger partial charge in [0.1, 0.15) is 19.3 Å². The molecule has 0 aliphatic heterocycles. The van der Waals surface area contributed by atoms with Crippen molar-refractivity contribution in [1.82, 2.24) is 0 Å². The summed E-state index contributed by atoms with van der Waals surface area (Å²) in [5.74, 6) is -0.663. The first-order valence-corrected chi connectivity index (χ1v) is 39.3. The number of aliphatic hydroxyl groups excluding tert-OH is 1. The summed E-state index contributed by atoms with van der Waals surface area (Å²) in [5, 5.41) is 10.6. The van der Waals surface area contributed by atoms with Crippen LogP contribution in [0.15, 0.2) is 24.3 Å². The summed E-state index contributed by atoms with van der Waals surface area (Å²) in [4.78, 5) is 72.5. The summed E-state index contributed by atoms with van der Waals surface area (Å²) >= 11 is 0. The van der Waals surface area contributed by atoms with Gasteiger partial charge in [-0.3, -0.25) is 37.3 Å². The molecule has 0 saturated carbocycles. The first-order chi connectivity index (χ1) is 43.4. The summed E-state index contributed by atoms with van der Waals surface area (Å²) in [6, 6.07) is 0. The van der Waals surface area contributed by atoms with Crippen LogP contribution in [0.4, 0.5) is 0 Å². The number of esters is 4. The molecule has 3 N–H and O–H groups in total. The van der Waals surface area contributed by atoms with Crippen LogP contribution in [0.5, 0.6) is 0 Å². The fraction of sp³-hybridized carbons (Fsp3) is 0.887. The highest BCUT2D eigenvalue weighted by Crippen LogP contribution is 2.45. The Labute approximate surface area is 548 Å². The number of hydrogen-bond donors (Lipinski definition) is 3. The van der Waals surface area contributed by atoms with Crippen LogP contribution in [-0.2, 0) is 65.4 Å². The standard InChI is InChI=1S/C71H134O17P2/c1-7-9-11-13-15-17-19-20-21-22-23-31-37-43-49-55-70(75)87-66(60-82-69(74)54-48-42-36-30-25-24-27-33-39-45-51-63(3)4)61-85-89(77,78)83-57-65(72)58-84-90(79,80)86-62-67(59-81-68(73)53-47-41-35-29-18-16-14-12-10-8-2)88-71(76)56-50-44-38-32-26-28-34-40-46-52-64(5)6/h17,19-21,63-67,72H,7-16,18,22-62H2,1-6H3,(H,77,78)(H,79,80)/b19-17-,21-20-/t65-,66-,67-/m1/s1. The van der Waals surface area contributed by atoms with E-state index < -0.39 is 97.5 Å². The molecule has 0 aromatic heterocycles. The minimum Gasteiger partial charge on any atom is -0.462 e. The highest BCUT2D eigenvalue weighted by molar-refractivity contribution is 7.47. The van der Waals surface area contributed by atoms with Crippen molar-refractivity contribution in [2.24, 2.45) is 11.8 Å². The SMILES string of the molecule is CCCCCC/C=C\C=C/CCCCCCCC(=O)O[C@H](COC(=O)CCCCCCCCCCCCC(C)C)COP(=O)(O)OC[C@@H](O)COP(=O)(O)OC[C@@H](COC(=O)CCCCCCCCCCCC)OC(=O)CCCCCCCCCCCC(C)C. The van der Waals surface area contributed by atoms with Crippen molar-refractivity contribution >= 4 is 39.5 Å². The van der Waals surface area contributed by atoms with Crippen molar-refractivity contribution in [3.8, 4) is 0 Å². The molecular weight excluding hydrogens is 1190 g/mol. The highest BCUT2D eigenvalue weighted by Gasteiger charge is 2.30. The second-order valence-corrected chi connectivity index (χ2v) is 28.8. The second kappa shape index (κ2) is 62.6. The van der Waals surface area contributed by atoms with Crippen molar-refractivity contribution in [2.45, 2.75) is 355 Å². The van der Waals surface area contributed by atoms with Gasteiger partial charge in [-0.1, -0.05) is 284 Å². The van der Waals surface area contributed by atoms with Crippen LogP contribution < -0.4 is 0 Å². The minimum atomic E-state index is -4.96. The number of carbonyl (C=O) groups excluding carboxylic acids is 4. The molecule has 0 bridgehead atoms. The molecule has 0 radical (unpaired) electrons. The number of ether oxygens (including phenoxy) is 4. The number of carbonyl (C=O) groups is 4. The topological polar surface area (TPSA) is 237 Å². The van der Waals surface area contributed by atoms with Gasteiger partial charge in [-0.05, 0) is 63.2 Å². The van der Waals surface area contributed by atoms with Crippen LogP contribution in [0.3, 0.4) is 0 Å². The molecule has 0 rings (SSSR count). The molecule has 0 spiro atoms.